The van der Waals surface area contributed by atoms with Gasteiger partial charge in [-0.05, 0) is 30.3 Å². The van der Waals surface area contributed by atoms with Crippen molar-refractivity contribution < 1.29 is 4.79 Å². The SMILES string of the molecule is Nc1cc(C(=O)c2c(Cl)cc(Cl)cc2Cl)ccc1Cl. The van der Waals surface area contributed by atoms with Crippen LogP contribution in [0.2, 0.25) is 20.1 Å². The lowest BCUT2D eigenvalue weighted by Gasteiger charge is -2.08. The lowest BCUT2D eigenvalue weighted by atomic mass is 10.0. The largest absolute Gasteiger partial charge is 0.398 e. The van der Waals surface area contributed by atoms with E-state index in [1.165, 1.54) is 18.2 Å². The van der Waals surface area contributed by atoms with Crippen molar-refractivity contribution in [2.75, 3.05) is 5.73 Å². The van der Waals surface area contributed by atoms with E-state index in [4.69, 9.17) is 52.1 Å². The summed E-state index contributed by atoms with van der Waals surface area (Å²) < 4.78 is 0. The normalized spacial score (nSPS) is 10.5. The van der Waals surface area contributed by atoms with Gasteiger partial charge < -0.3 is 5.73 Å². The first-order chi connectivity index (χ1) is 8.90. The molecule has 0 spiro atoms. The summed E-state index contributed by atoms with van der Waals surface area (Å²) >= 11 is 23.6. The number of nitrogens with two attached hydrogens (primary N) is 1. The van der Waals surface area contributed by atoms with Crippen molar-refractivity contribution in [1.82, 2.24) is 0 Å². The predicted octanol–water partition coefficient (Wildman–Crippen LogP) is 5.11. The second-order valence-corrected chi connectivity index (χ2v) is 5.47. The molecule has 6 heteroatoms. The highest BCUT2D eigenvalue weighted by atomic mass is 35.5. The van der Waals surface area contributed by atoms with Crippen molar-refractivity contribution in [3.05, 3.63) is 61.5 Å². The lowest BCUT2D eigenvalue weighted by Crippen LogP contribution is -2.04. The predicted molar refractivity (Wildman–Crippen MR) is 80.8 cm³/mol. The molecule has 0 fully saturated rings. The van der Waals surface area contributed by atoms with Gasteiger partial charge in [0.1, 0.15) is 0 Å². The second kappa shape index (κ2) is 5.59. The Kier molecular flexibility index (Phi) is 4.26. The number of hydrogen-bond donors (Lipinski definition) is 1. The van der Waals surface area contributed by atoms with Crippen LogP contribution in [-0.4, -0.2) is 5.78 Å². The van der Waals surface area contributed by atoms with Crippen LogP contribution in [0.3, 0.4) is 0 Å². The minimum Gasteiger partial charge on any atom is -0.398 e. The Labute approximate surface area is 130 Å². The van der Waals surface area contributed by atoms with E-state index in [2.05, 4.69) is 0 Å². The fourth-order valence-corrected chi connectivity index (χ4v) is 2.69. The first-order valence-corrected chi connectivity index (χ1v) is 6.65. The Morgan fingerprint density at radius 1 is 0.895 bits per heavy atom. The summed E-state index contributed by atoms with van der Waals surface area (Å²) in [5.41, 5.74) is 6.52. The molecule has 0 saturated carbocycles. The Morgan fingerprint density at radius 2 is 1.47 bits per heavy atom. The van der Waals surface area contributed by atoms with Crippen molar-refractivity contribution in [1.29, 1.82) is 0 Å². The molecule has 0 aliphatic carbocycles. The molecule has 2 aromatic carbocycles. The maximum Gasteiger partial charge on any atom is 0.196 e. The quantitative estimate of drug-likeness (QED) is 0.612. The van der Waals surface area contributed by atoms with Gasteiger partial charge in [-0.1, -0.05) is 46.4 Å². The molecule has 2 aromatic rings. The molecule has 0 amide bonds. The van der Waals surface area contributed by atoms with E-state index >= 15 is 0 Å². The van der Waals surface area contributed by atoms with Crippen LogP contribution in [0.15, 0.2) is 30.3 Å². The highest BCUT2D eigenvalue weighted by Gasteiger charge is 2.18. The molecule has 2 nitrogen and oxygen atoms in total. The Balaban J connectivity index is 2.53. The minimum atomic E-state index is -0.338. The first-order valence-electron chi connectivity index (χ1n) is 5.14. The van der Waals surface area contributed by atoms with Crippen molar-refractivity contribution >= 4 is 57.9 Å². The number of rotatable bonds is 2. The zero-order valence-corrected chi connectivity index (χ0v) is 12.4. The van der Waals surface area contributed by atoms with Crippen LogP contribution in [-0.2, 0) is 0 Å². The molecule has 2 rings (SSSR count). The molecular formula is C13H7Cl4NO. The minimum absolute atomic E-state index is 0.189. The summed E-state index contributed by atoms with van der Waals surface area (Å²) in [6, 6.07) is 7.50. The summed E-state index contributed by atoms with van der Waals surface area (Å²) in [6.07, 6.45) is 0. The number of benzene rings is 2. The second-order valence-electron chi connectivity index (χ2n) is 3.81. The Bertz CT molecular complexity index is 647. The van der Waals surface area contributed by atoms with E-state index in [-0.39, 0.29) is 21.4 Å². The van der Waals surface area contributed by atoms with E-state index < -0.39 is 0 Å². The molecule has 0 aromatic heterocycles. The van der Waals surface area contributed by atoms with Crippen molar-refractivity contribution in [2.24, 2.45) is 0 Å². The number of nitrogen functional groups attached to an aromatic ring is 1. The van der Waals surface area contributed by atoms with E-state index in [0.29, 0.717) is 21.3 Å². The number of halogens is 4. The number of carbonyl (C=O) groups excluding carboxylic acids is 1. The molecule has 0 heterocycles. The first kappa shape index (κ1) is 14.5. The molecule has 19 heavy (non-hydrogen) atoms. The van der Waals surface area contributed by atoms with Gasteiger partial charge in [0.15, 0.2) is 5.78 Å². The molecule has 2 N–H and O–H groups in total. The number of carbonyl (C=O) groups is 1. The van der Waals surface area contributed by atoms with Crippen LogP contribution in [0.1, 0.15) is 15.9 Å². The zero-order valence-electron chi connectivity index (χ0n) is 9.38. The van der Waals surface area contributed by atoms with Crippen LogP contribution < -0.4 is 5.73 Å². The van der Waals surface area contributed by atoms with Crippen LogP contribution in [0, 0.1) is 0 Å². The van der Waals surface area contributed by atoms with Gasteiger partial charge in [0, 0.05) is 10.6 Å². The topological polar surface area (TPSA) is 43.1 Å². The third kappa shape index (κ3) is 2.98. The van der Waals surface area contributed by atoms with Gasteiger partial charge in [0.2, 0.25) is 0 Å². The molecular weight excluding hydrogens is 328 g/mol. The molecule has 0 aliphatic heterocycles. The molecule has 0 unspecified atom stereocenters. The molecule has 0 atom stereocenters. The van der Waals surface area contributed by atoms with E-state index in [9.17, 15) is 4.79 Å². The third-order valence-electron chi connectivity index (χ3n) is 2.49. The molecule has 0 radical (unpaired) electrons. The van der Waals surface area contributed by atoms with Gasteiger partial charge in [-0.15, -0.1) is 0 Å². The number of ketones is 1. The van der Waals surface area contributed by atoms with Crippen LogP contribution in [0.5, 0.6) is 0 Å². The van der Waals surface area contributed by atoms with Gasteiger partial charge in [-0.25, -0.2) is 0 Å². The Morgan fingerprint density at radius 3 is 2.00 bits per heavy atom. The maximum atomic E-state index is 12.4. The summed E-state index contributed by atoms with van der Waals surface area (Å²) in [7, 11) is 0. The fourth-order valence-electron chi connectivity index (χ4n) is 1.59. The fraction of sp³-hybridized carbons (Fsp3) is 0. The van der Waals surface area contributed by atoms with Gasteiger partial charge >= 0.3 is 0 Å². The standard InChI is InChI=1S/C13H7Cl4NO/c14-7-4-9(16)12(10(17)5-7)13(19)6-1-2-8(15)11(18)3-6/h1-5H,18H2. The van der Waals surface area contributed by atoms with Gasteiger partial charge in [0.25, 0.3) is 0 Å². The van der Waals surface area contributed by atoms with Crippen molar-refractivity contribution in [3.8, 4) is 0 Å². The van der Waals surface area contributed by atoms with Gasteiger partial charge in [0.05, 0.1) is 26.3 Å². The van der Waals surface area contributed by atoms with E-state index in [0.717, 1.165) is 0 Å². The summed E-state index contributed by atoms with van der Waals surface area (Å²) in [4.78, 5) is 12.4. The highest BCUT2D eigenvalue weighted by molar-refractivity contribution is 6.43. The number of anilines is 1. The maximum absolute atomic E-state index is 12.4. The smallest absolute Gasteiger partial charge is 0.196 e. The molecule has 0 saturated heterocycles. The monoisotopic (exact) mass is 333 g/mol. The summed E-state index contributed by atoms with van der Waals surface area (Å²) in [6.45, 7) is 0. The van der Waals surface area contributed by atoms with Gasteiger partial charge in [-0.2, -0.15) is 0 Å². The molecule has 98 valence electrons. The van der Waals surface area contributed by atoms with Crippen LogP contribution >= 0.6 is 46.4 Å². The summed E-state index contributed by atoms with van der Waals surface area (Å²) in [5.74, 6) is -0.338. The van der Waals surface area contributed by atoms with Gasteiger partial charge in [-0.3, -0.25) is 4.79 Å². The van der Waals surface area contributed by atoms with E-state index in [1.807, 2.05) is 0 Å². The highest BCUT2D eigenvalue weighted by Crippen LogP contribution is 2.31. The third-order valence-corrected chi connectivity index (χ3v) is 3.65. The van der Waals surface area contributed by atoms with Crippen molar-refractivity contribution in [2.45, 2.75) is 0 Å². The number of hydrogen-bond acceptors (Lipinski definition) is 2. The average Bonchev–Trinajstić information content (AvgIpc) is 2.31. The lowest BCUT2D eigenvalue weighted by molar-refractivity contribution is 0.103. The molecule has 0 aliphatic rings. The molecule has 0 bridgehead atoms. The van der Waals surface area contributed by atoms with E-state index in [1.54, 1.807) is 12.1 Å². The Hall–Kier alpha value is -0.930. The van der Waals surface area contributed by atoms with Crippen LogP contribution in [0.25, 0.3) is 0 Å². The van der Waals surface area contributed by atoms with Crippen molar-refractivity contribution in [3.63, 3.8) is 0 Å². The zero-order chi connectivity index (χ0) is 14.2. The van der Waals surface area contributed by atoms with Crippen LogP contribution in [0.4, 0.5) is 5.69 Å². The average molecular weight is 335 g/mol. The summed E-state index contributed by atoms with van der Waals surface area (Å²) in [5, 5.41) is 1.12.